The first kappa shape index (κ1) is 17.0. The Morgan fingerprint density at radius 2 is 1.88 bits per heavy atom. The second-order valence-electron chi connectivity index (χ2n) is 6.05. The summed E-state index contributed by atoms with van der Waals surface area (Å²) in [7, 11) is 0. The highest BCUT2D eigenvalue weighted by Crippen LogP contribution is 2.20. The van der Waals surface area contributed by atoms with Crippen LogP contribution in [0.15, 0.2) is 48.5 Å². The fraction of sp³-hybridized carbons (Fsp3) is 0.263. The summed E-state index contributed by atoms with van der Waals surface area (Å²) < 4.78 is 1.15. The van der Waals surface area contributed by atoms with Crippen LogP contribution in [0.2, 0.25) is 0 Å². The Kier molecular flexibility index (Phi) is 5.18. The molecule has 0 spiro atoms. The molecule has 2 aromatic rings. The van der Waals surface area contributed by atoms with Crippen LogP contribution < -0.4 is 5.32 Å². The van der Waals surface area contributed by atoms with Gasteiger partial charge >= 0.3 is 0 Å². The van der Waals surface area contributed by atoms with E-state index in [0.717, 1.165) is 14.7 Å². The van der Waals surface area contributed by atoms with Gasteiger partial charge in [0, 0.05) is 16.5 Å². The fourth-order valence-corrected chi connectivity index (χ4v) is 3.51. The minimum atomic E-state index is -0.495. The molecule has 0 aliphatic carbocycles. The minimum absolute atomic E-state index is 0.0178. The Morgan fingerprint density at radius 3 is 2.62 bits per heavy atom. The minimum Gasteiger partial charge on any atom is -0.342 e. The van der Waals surface area contributed by atoms with E-state index in [2.05, 4.69) is 27.9 Å². The number of nitrogens with one attached hydrogen (secondary N) is 1. The van der Waals surface area contributed by atoms with Crippen molar-refractivity contribution in [2.24, 2.45) is 0 Å². The molecule has 5 heteroatoms. The summed E-state index contributed by atoms with van der Waals surface area (Å²) in [5.74, 6) is -0.117. The van der Waals surface area contributed by atoms with Gasteiger partial charge in [0.05, 0.1) is 6.54 Å². The zero-order chi connectivity index (χ0) is 17.1. The summed E-state index contributed by atoms with van der Waals surface area (Å²) >= 11 is 2.30. The van der Waals surface area contributed by atoms with Gasteiger partial charge in [0.1, 0.15) is 6.04 Å². The molecule has 1 aliphatic rings. The van der Waals surface area contributed by atoms with Crippen LogP contribution in [0.25, 0.3) is 0 Å². The molecule has 0 bridgehead atoms. The molecule has 0 radical (unpaired) electrons. The number of hydrogen-bond donors (Lipinski definition) is 1. The normalized spacial score (nSPS) is 17.8. The number of hydrogen-bond acceptors (Lipinski definition) is 2. The highest BCUT2D eigenvalue weighted by atomic mass is 127. The van der Waals surface area contributed by atoms with Crippen LogP contribution in [0.4, 0.5) is 0 Å². The van der Waals surface area contributed by atoms with E-state index in [1.165, 1.54) is 5.56 Å². The van der Waals surface area contributed by atoms with Crippen molar-refractivity contribution in [3.63, 3.8) is 0 Å². The molecular formula is C19H19IN2O2. The van der Waals surface area contributed by atoms with E-state index in [-0.39, 0.29) is 18.4 Å². The number of benzene rings is 2. The molecule has 3 rings (SSSR count). The van der Waals surface area contributed by atoms with E-state index in [1.807, 2.05) is 55.5 Å². The largest absolute Gasteiger partial charge is 0.342 e. The molecule has 1 aliphatic heterocycles. The molecule has 1 atom stereocenters. The van der Waals surface area contributed by atoms with Gasteiger partial charge in [0.25, 0.3) is 0 Å². The maximum absolute atomic E-state index is 12.8. The average molecular weight is 434 g/mol. The van der Waals surface area contributed by atoms with Crippen LogP contribution in [-0.2, 0) is 22.6 Å². The summed E-state index contributed by atoms with van der Waals surface area (Å²) in [5.41, 5.74) is 3.31. The molecule has 24 heavy (non-hydrogen) atoms. The van der Waals surface area contributed by atoms with Gasteiger partial charge in [0.2, 0.25) is 11.8 Å². The van der Waals surface area contributed by atoms with Crippen molar-refractivity contribution >= 4 is 34.4 Å². The molecule has 0 aromatic heterocycles. The Labute approximate surface area is 155 Å². The van der Waals surface area contributed by atoms with Crippen molar-refractivity contribution < 1.29 is 9.59 Å². The van der Waals surface area contributed by atoms with Crippen molar-refractivity contribution in [3.8, 4) is 0 Å². The molecular weight excluding hydrogens is 415 g/mol. The Morgan fingerprint density at radius 1 is 1.12 bits per heavy atom. The topological polar surface area (TPSA) is 49.4 Å². The van der Waals surface area contributed by atoms with E-state index in [0.29, 0.717) is 13.0 Å². The molecule has 1 N–H and O–H groups in total. The van der Waals surface area contributed by atoms with Gasteiger partial charge < -0.3 is 10.2 Å². The van der Waals surface area contributed by atoms with E-state index >= 15 is 0 Å². The lowest BCUT2D eigenvalue weighted by atomic mass is 10.0. The summed E-state index contributed by atoms with van der Waals surface area (Å²) in [6, 6.07) is 15.3. The summed E-state index contributed by atoms with van der Waals surface area (Å²) in [6.07, 6.45) is 0.524. The SMILES string of the molecule is Cc1cccc(CC2NC(=O)CN(Cc3ccccc3)C2=O)c1I. The summed E-state index contributed by atoms with van der Waals surface area (Å²) in [4.78, 5) is 26.5. The lowest BCUT2D eigenvalue weighted by molar-refractivity contribution is -0.144. The first-order chi connectivity index (χ1) is 11.5. The third-order valence-electron chi connectivity index (χ3n) is 4.19. The quantitative estimate of drug-likeness (QED) is 0.753. The second kappa shape index (κ2) is 7.34. The van der Waals surface area contributed by atoms with Gasteiger partial charge in [-0.1, -0.05) is 48.5 Å². The molecule has 2 amide bonds. The monoisotopic (exact) mass is 434 g/mol. The highest BCUT2D eigenvalue weighted by molar-refractivity contribution is 14.1. The molecule has 1 fully saturated rings. The lowest BCUT2D eigenvalue weighted by Gasteiger charge is -2.33. The summed E-state index contributed by atoms with van der Waals surface area (Å²) in [6.45, 7) is 2.64. The molecule has 1 unspecified atom stereocenters. The molecule has 0 saturated carbocycles. The average Bonchev–Trinajstić information content (AvgIpc) is 2.57. The van der Waals surface area contributed by atoms with E-state index in [4.69, 9.17) is 0 Å². The number of nitrogens with zero attached hydrogens (tertiary/aromatic N) is 1. The van der Waals surface area contributed by atoms with E-state index in [1.54, 1.807) is 4.90 Å². The Balaban J connectivity index is 1.77. The van der Waals surface area contributed by atoms with Gasteiger partial charge in [-0.05, 0) is 46.2 Å². The second-order valence-corrected chi connectivity index (χ2v) is 7.13. The smallest absolute Gasteiger partial charge is 0.246 e. The third-order valence-corrected chi connectivity index (χ3v) is 5.74. The zero-order valence-corrected chi connectivity index (χ0v) is 15.6. The van der Waals surface area contributed by atoms with Crippen LogP contribution in [-0.4, -0.2) is 29.3 Å². The standard InChI is InChI=1S/C19H19IN2O2/c1-13-6-5-9-15(18(13)20)10-16-19(24)22(12-17(23)21-16)11-14-7-3-2-4-8-14/h2-9,16H,10-12H2,1H3,(H,21,23). The van der Waals surface area contributed by atoms with Crippen LogP contribution >= 0.6 is 22.6 Å². The Bertz CT molecular complexity index is 761. The van der Waals surface area contributed by atoms with Crippen molar-refractivity contribution in [1.29, 1.82) is 0 Å². The van der Waals surface area contributed by atoms with E-state index < -0.39 is 6.04 Å². The van der Waals surface area contributed by atoms with E-state index in [9.17, 15) is 9.59 Å². The Hall–Kier alpha value is -1.89. The number of carbonyl (C=O) groups excluding carboxylic acids is 2. The van der Waals surface area contributed by atoms with Gasteiger partial charge in [0.15, 0.2) is 0 Å². The predicted octanol–water partition coefficient (Wildman–Crippen LogP) is 2.67. The molecule has 1 heterocycles. The number of piperazine rings is 1. The molecule has 2 aromatic carbocycles. The highest BCUT2D eigenvalue weighted by Gasteiger charge is 2.32. The van der Waals surface area contributed by atoms with Crippen molar-refractivity contribution in [2.45, 2.75) is 25.9 Å². The number of aryl methyl sites for hydroxylation is 1. The number of halogens is 1. The zero-order valence-electron chi connectivity index (χ0n) is 13.5. The van der Waals surface area contributed by atoms with Gasteiger partial charge in [-0.3, -0.25) is 9.59 Å². The first-order valence-electron chi connectivity index (χ1n) is 7.90. The number of rotatable bonds is 4. The lowest BCUT2D eigenvalue weighted by Crippen LogP contribution is -2.58. The van der Waals surface area contributed by atoms with Crippen molar-refractivity contribution in [1.82, 2.24) is 10.2 Å². The van der Waals surface area contributed by atoms with Crippen molar-refractivity contribution in [3.05, 3.63) is 68.8 Å². The molecule has 4 nitrogen and oxygen atoms in total. The predicted molar refractivity (Wildman–Crippen MR) is 101 cm³/mol. The number of carbonyl (C=O) groups is 2. The van der Waals surface area contributed by atoms with Crippen molar-refractivity contribution in [2.75, 3.05) is 6.54 Å². The van der Waals surface area contributed by atoms with Gasteiger partial charge in [-0.2, -0.15) is 0 Å². The van der Waals surface area contributed by atoms with Gasteiger partial charge in [-0.25, -0.2) is 0 Å². The maximum Gasteiger partial charge on any atom is 0.246 e. The maximum atomic E-state index is 12.8. The van der Waals surface area contributed by atoms with Crippen LogP contribution in [0.3, 0.4) is 0 Å². The molecule has 124 valence electrons. The summed E-state index contributed by atoms with van der Waals surface area (Å²) in [5, 5.41) is 2.84. The fourth-order valence-electron chi connectivity index (χ4n) is 2.94. The number of amides is 2. The van der Waals surface area contributed by atoms with Crippen LogP contribution in [0, 0.1) is 10.5 Å². The third kappa shape index (κ3) is 3.77. The van der Waals surface area contributed by atoms with Crippen LogP contribution in [0.5, 0.6) is 0 Å². The van der Waals surface area contributed by atoms with Crippen LogP contribution in [0.1, 0.15) is 16.7 Å². The van der Waals surface area contributed by atoms with Gasteiger partial charge in [-0.15, -0.1) is 0 Å². The first-order valence-corrected chi connectivity index (χ1v) is 8.98. The molecule has 1 saturated heterocycles.